The highest BCUT2D eigenvalue weighted by molar-refractivity contribution is 6.35. The minimum atomic E-state index is -0.683. The zero-order chi connectivity index (χ0) is 21.5. The van der Waals surface area contributed by atoms with Gasteiger partial charge in [0.05, 0.1) is 34.5 Å². The van der Waals surface area contributed by atoms with Gasteiger partial charge >= 0.3 is 0 Å². The Morgan fingerprint density at radius 2 is 2.00 bits per heavy atom. The maximum atomic E-state index is 14.4. The summed E-state index contributed by atoms with van der Waals surface area (Å²) in [6, 6.07) is 9.73. The van der Waals surface area contributed by atoms with Gasteiger partial charge in [0.2, 0.25) is 5.89 Å². The molecule has 1 amide bonds. The van der Waals surface area contributed by atoms with Gasteiger partial charge in [0, 0.05) is 22.4 Å². The van der Waals surface area contributed by atoms with Crippen LogP contribution in [0.3, 0.4) is 0 Å². The Hall–Kier alpha value is -3.91. The summed E-state index contributed by atoms with van der Waals surface area (Å²) >= 11 is 6.06. The van der Waals surface area contributed by atoms with Crippen molar-refractivity contribution in [2.24, 2.45) is 10.7 Å². The smallest absolute Gasteiger partial charge is 0.270 e. The van der Waals surface area contributed by atoms with Gasteiger partial charge in [-0.3, -0.25) is 14.8 Å². The third-order valence-electron chi connectivity index (χ3n) is 4.80. The highest BCUT2D eigenvalue weighted by Gasteiger charge is 2.21. The number of aliphatic imine (C=N–C) groups is 1. The van der Waals surface area contributed by atoms with Crippen LogP contribution in [-0.2, 0) is 0 Å². The molecule has 0 unspecified atom stereocenters. The molecule has 0 aliphatic carbocycles. The SMILES string of the molecule is NC(=O)c1coc(-c2cnc3ccc(C4=CCN=C4c4cc(Cl)ccc4F)nc3c2)n1. The van der Waals surface area contributed by atoms with E-state index in [1.165, 1.54) is 18.4 Å². The molecule has 1 aliphatic heterocycles. The standard InChI is InChI=1S/C22H13ClFN5O2/c23-12-1-2-15(24)14(8-12)20-13(5-6-26-20)16-3-4-17-18(28-16)7-11(9-27-17)22-29-19(10-31-22)21(25)30/h1-5,7-10H,6H2,(H2,25,30). The van der Waals surface area contributed by atoms with Crippen LogP contribution in [0.1, 0.15) is 21.7 Å². The molecule has 0 spiro atoms. The van der Waals surface area contributed by atoms with Crippen LogP contribution < -0.4 is 5.73 Å². The summed E-state index contributed by atoms with van der Waals surface area (Å²) in [4.78, 5) is 28.8. The largest absolute Gasteiger partial charge is 0.444 e. The molecular weight excluding hydrogens is 421 g/mol. The van der Waals surface area contributed by atoms with Crippen molar-refractivity contribution in [1.82, 2.24) is 15.0 Å². The second-order valence-corrected chi connectivity index (χ2v) is 7.23. The minimum Gasteiger partial charge on any atom is -0.444 e. The number of allylic oxidation sites excluding steroid dienone is 1. The molecule has 4 heterocycles. The number of fused-ring (bicyclic) bond motifs is 1. The molecule has 0 saturated carbocycles. The first-order valence-electron chi connectivity index (χ1n) is 9.23. The first-order chi connectivity index (χ1) is 15.0. The van der Waals surface area contributed by atoms with Crippen LogP contribution in [0, 0.1) is 5.82 Å². The quantitative estimate of drug-likeness (QED) is 0.522. The number of nitrogens with zero attached hydrogens (tertiary/aromatic N) is 4. The van der Waals surface area contributed by atoms with Crippen LogP contribution in [0.5, 0.6) is 0 Å². The van der Waals surface area contributed by atoms with Gasteiger partial charge in [-0.1, -0.05) is 17.7 Å². The highest BCUT2D eigenvalue weighted by atomic mass is 35.5. The van der Waals surface area contributed by atoms with Gasteiger partial charge in [-0.05, 0) is 36.4 Å². The Bertz CT molecular complexity index is 1430. The summed E-state index contributed by atoms with van der Waals surface area (Å²) in [5.74, 6) is -0.883. The van der Waals surface area contributed by atoms with Crippen LogP contribution in [-0.4, -0.2) is 33.1 Å². The van der Waals surface area contributed by atoms with Crippen molar-refractivity contribution in [1.29, 1.82) is 0 Å². The van der Waals surface area contributed by atoms with E-state index in [2.05, 4.69) is 19.9 Å². The summed E-state index contributed by atoms with van der Waals surface area (Å²) in [6.45, 7) is 0.417. The molecule has 4 aromatic rings. The molecule has 0 saturated heterocycles. The molecule has 2 N–H and O–H groups in total. The molecule has 9 heteroatoms. The first-order valence-corrected chi connectivity index (χ1v) is 9.60. The summed E-state index contributed by atoms with van der Waals surface area (Å²) in [6.07, 6.45) is 4.65. The zero-order valence-corrected chi connectivity index (χ0v) is 16.6. The number of carbonyl (C=O) groups excluding carboxylic acids is 1. The number of halogens is 2. The number of nitrogens with two attached hydrogens (primary N) is 1. The van der Waals surface area contributed by atoms with Gasteiger partial charge in [-0.15, -0.1) is 0 Å². The molecule has 0 radical (unpaired) electrons. The molecule has 3 aromatic heterocycles. The van der Waals surface area contributed by atoms with Crippen molar-refractivity contribution in [3.63, 3.8) is 0 Å². The van der Waals surface area contributed by atoms with Crippen LogP contribution in [0.15, 0.2) is 64.3 Å². The van der Waals surface area contributed by atoms with Crippen LogP contribution in [0.2, 0.25) is 5.02 Å². The van der Waals surface area contributed by atoms with Crippen LogP contribution >= 0.6 is 11.6 Å². The van der Waals surface area contributed by atoms with Gasteiger partial charge < -0.3 is 10.2 Å². The van der Waals surface area contributed by atoms with E-state index >= 15 is 0 Å². The van der Waals surface area contributed by atoms with E-state index in [0.29, 0.717) is 50.7 Å². The van der Waals surface area contributed by atoms with Crippen molar-refractivity contribution in [2.45, 2.75) is 0 Å². The number of hydrogen-bond donors (Lipinski definition) is 1. The third kappa shape index (κ3) is 3.47. The van der Waals surface area contributed by atoms with Gasteiger partial charge in [0.25, 0.3) is 5.91 Å². The maximum absolute atomic E-state index is 14.4. The lowest BCUT2D eigenvalue weighted by Gasteiger charge is -2.10. The van der Waals surface area contributed by atoms with E-state index in [-0.39, 0.29) is 11.6 Å². The number of amides is 1. The molecule has 0 atom stereocenters. The number of primary amides is 1. The van der Waals surface area contributed by atoms with E-state index in [4.69, 9.17) is 21.8 Å². The van der Waals surface area contributed by atoms with Crippen molar-refractivity contribution in [3.8, 4) is 11.5 Å². The number of rotatable bonds is 4. The van der Waals surface area contributed by atoms with E-state index in [9.17, 15) is 9.18 Å². The van der Waals surface area contributed by atoms with Gasteiger partial charge in [0.1, 0.15) is 12.1 Å². The summed E-state index contributed by atoms with van der Waals surface area (Å²) < 4.78 is 19.7. The molecule has 7 nitrogen and oxygen atoms in total. The zero-order valence-electron chi connectivity index (χ0n) is 15.8. The van der Waals surface area contributed by atoms with Crippen molar-refractivity contribution < 1.29 is 13.6 Å². The van der Waals surface area contributed by atoms with E-state index in [1.807, 2.05) is 12.1 Å². The fraction of sp³-hybridized carbons (Fsp3) is 0.0455. The summed E-state index contributed by atoms with van der Waals surface area (Å²) in [5, 5.41) is 0.423. The number of benzene rings is 1. The number of oxazole rings is 1. The molecule has 0 fully saturated rings. The number of aromatic nitrogens is 3. The predicted octanol–water partition coefficient (Wildman–Crippen LogP) is 4.06. The van der Waals surface area contributed by atoms with Crippen LogP contribution in [0.25, 0.3) is 28.1 Å². The monoisotopic (exact) mass is 433 g/mol. The second kappa shape index (κ2) is 7.41. The second-order valence-electron chi connectivity index (χ2n) is 6.79. The minimum absolute atomic E-state index is 0.0253. The average molecular weight is 434 g/mol. The van der Waals surface area contributed by atoms with Crippen molar-refractivity contribution >= 4 is 39.8 Å². The first kappa shape index (κ1) is 19.1. The lowest BCUT2D eigenvalue weighted by atomic mass is 9.99. The Morgan fingerprint density at radius 3 is 2.81 bits per heavy atom. The summed E-state index contributed by atoms with van der Waals surface area (Å²) in [7, 11) is 0. The Balaban J connectivity index is 1.55. The van der Waals surface area contributed by atoms with Gasteiger partial charge in [-0.2, -0.15) is 0 Å². The summed E-state index contributed by atoms with van der Waals surface area (Å²) in [5.41, 5.74) is 9.17. The fourth-order valence-corrected chi connectivity index (χ4v) is 3.51. The lowest BCUT2D eigenvalue weighted by molar-refractivity contribution is 0.0995. The number of pyridine rings is 2. The Morgan fingerprint density at radius 1 is 1.13 bits per heavy atom. The fourth-order valence-electron chi connectivity index (χ4n) is 3.34. The Labute approximate surface area is 180 Å². The van der Waals surface area contributed by atoms with E-state index in [0.717, 1.165) is 0 Å². The van der Waals surface area contributed by atoms with E-state index in [1.54, 1.807) is 24.4 Å². The molecule has 31 heavy (non-hydrogen) atoms. The van der Waals surface area contributed by atoms with E-state index < -0.39 is 11.7 Å². The lowest BCUT2D eigenvalue weighted by Crippen LogP contribution is -2.10. The number of hydrogen-bond acceptors (Lipinski definition) is 6. The van der Waals surface area contributed by atoms with Gasteiger partial charge in [0.15, 0.2) is 5.69 Å². The van der Waals surface area contributed by atoms with Gasteiger partial charge in [-0.25, -0.2) is 14.4 Å². The highest BCUT2D eigenvalue weighted by Crippen LogP contribution is 2.28. The molecule has 1 aliphatic rings. The molecule has 1 aromatic carbocycles. The molecule has 0 bridgehead atoms. The topological polar surface area (TPSA) is 107 Å². The molecule has 5 rings (SSSR count). The third-order valence-corrected chi connectivity index (χ3v) is 5.04. The van der Waals surface area contributed by atoms with Crippen molar-refractivity contribution in [3.05, 3.63) is 82.7 Å². The van der Waals surface area contributed by atoms with Crippen molar-refractivity contribution in [2.75, 3.05) is 6.54 Å². The Kier molecular flexibility index (Phi) is 4.56. The average Bonchev–Trinajstić information content (AvgIpc) is 3.45. The predicted molar refractivity (Wildman–Crippen MR) is 114 cm³/mol. The maximum Gasteiger partial charge on any atom is 0.270 e. The number of carbonyl (C=O) groups is 1. The molecule has 152 valence electrons. The molecular formula is C22H13ClFN5O2. The van der Waals surface area contributed by atoms with Crippen LogP contribution in [0.4, 0.5) is 4.39 Å². The normalized spacial score (nSPS) is 13.4.